The lowest BCUT2D eigenvalue weighted by molar-refractivity contribution is -0.384. The van der Waals surface area contributed by atoms with Crippen LogP contribution in [0.15, 0.2) is 42.5 Å². The van der Waals surface area contributed by atoms with Crippen molar-refractivity contribution in [2.24, 2.45) is 0 Å². The van der Waals surface area contributed by atoms with E-state index in [2.05, 4.69) is 10.6 Å². The lowest BCUT2D eigenvalue weighted by Gasteiger charge is -2.10. The summed E-state index contributed by atoms with van der Waals surface area (Å²) >= 11 is 0. The van der Waals surface area contributed by atoms with Crippen molar-refractivity contribution >= 4 is 29.2 Å². The van der Waals surface area contributed by atoms with Crippen molar-refractivity contribution in [2.45, 2.75) is 13.8 Å². The molecule has 0 aliphatic heterocycles. The number of carbonyl (C=O) groups excluding carboxylic acids is 3. The molecule has 9 nitrogen and oxygen atoms in total. The summed E-state index contributed by atoms with van der Waals surface area (Å²) in [6.45, 7) is 2.80. The van der Waals surface area contributed by atoms with E-state index in [-0.39, 0.29) is 11.3 Å². The van der Waals surface area contributed by atoms with E-state index >= 15 is 0 Å². The fraction of sp³-hybridized carbons (Fsp3) is 0.211. The molecule has 0 atom stereocenters. The van der Waals surface area contributed by atoms with Crippen LogP contribution in [-0.2, 0) is 14.3 Å². The smallest absolute Gasteiger partial charge is 0.325 e. The van der Waals surface area contributed by atoms with Crippen molar-refractivity contribution in [3.05, 3.63) is 69.3 Å². The molecule has 2 aromatic rings. The maximum absolute atomic E-state index is 11.9. The van der Waals surface area contributed by atoms with Crippen molar-refractivity contribution in [2.75, 3.05) is 18.5 Å². The van der Waals surface area contributed by atoms with Crippen molar-refractivity contribution in [1.82, 2.24) is 5.32 Å². The third-order valence-corrected chi connectivity index (χ3v) is 3.73. The predicted octanol–water partition coefficient (Wildman–Crippen LogP) is 2.12. The van der Waals surface area contributed by atoms with Gasteiger partial charge in [-0.25, -0.2) is 0 Å². The van der Waals surface area contributed by atoms with Gasteiger partial charge in [-0.15, -0.1) is 0 Å². The Hall–Kier alpha value is -3.75. The molecule has 2 aromatic carbocycles. The second-order valence-electron chi connectivity index (χ2n) is 6.02. The van der Waals surface area contributed by atoms with Gasteiger partial charge in [-0.3, -0.25) is 24.5 Å². The lowest BCUT2D eigenvalue weighted by Crippen LogP contribution is -2.32. The molecule has 0 fully saturated rings. The topological polar surface area (TPSA) is 128 Å². The van der Waals surface area contributed by atoms with Crippen LogP contribution in [0.4, 0.5) is 11.4 Å². The predicted molar refractivity (Wildman–Crippen MR) is 101 cm³/mol. The number of hydrogen-bond acceptors (Lipinski definition) is 6. The zero-order valence-corrected chi connectivity index (χ0v) is 15.4. The second kappa shape index (κ2) is 9.26. The first kappa shape index (κ1) is 20.6. The number of anilines is 1. The Balaban J connectivity index is 1.79. The van der Waals surface area contributed by atoms with Gasteiger partial charge in [-0.05, 0) is 31.5 Å². The van der Waals surface area contributed by atoms with E-state index < -0.39 is 35.9 Å². The highest BCUT2D eigenvalue weighted by molar-refractivity contribution is 5.97. The number of carbonyl (C=O) groups is 3. The van der Waals surface area contributed by atoms with Crippen LogP contribution < -0.4 is 10.6 Å². The number of hydrogen-bond donors (Lipinski definition) is 2. The van der Waals surface area contributed by atoms with Gasteiger partial charge in [0.1, 0.15) is 6.54 Å². The van der Waals surface area contributed by atoms with Gasteiger partial charge >= 0.3 is 5.97 Å². The van der Waals surface area contributed by atoms with Crippen LogP contribution in [0, 0.1) is 24.0 Å². The molecule has 2 amide bonds. The Morgan fingerprint density at radius 1 is 1.11 bits per heavy atom. The Morgan fingerprint density at radius 3 is 2.54 bits per heavy atom. The largest absolute Gasteiger partial charge is 0.454 e. The van der Waals surface area contributed by atoms with E-state index in [1.165, 1.54) is 18.2 Å². The van der Waals surface area contributed by atoms with E-state index in [1.807, 2.05) is 26.0 Å². The number of rotatable bonds is 7. The summed E-state index contributed by atoms with van der Waals surface area (Å²) in [6.07, 6.45) is 0. The molecule has 0 saturated heterocycles. The summed E-state index contributed by atoms with van der Waals surface area (Å²) < 4.78 is 4.81. The number of esters is 1. The van der Waals surface area contributed by atoms with Crippen molar-refractivity contribution in [3.8, 4) is 0 Å². The molecule has 0 bridgehead atoms. The molecule has 0 aliphatic rings. The molecular formula is C19H19N3O6. The first-order valence-corrected chi connectivity index (χ1v) is 8.31. The fourth-order valence-electron chi connectivity index (χ4n) is 2.35. The molecular weight excluding hydrogens is 366 g/mol. The fourth-order valence-corrected chi connectivity index (χ4v) is 2.35. The van der Waals surface area contributed by atoms with Crippen LogP contribution in [0.3, 0.4) is 0 Å². The van der Waals surface area contributed by atoms with Gasteiger partial charge in [0.05, 0.1) is 4.92 Å². The van der Waals surface area contributed by atoms with Crippen LogP contribution >= 0.6 is 0 Å². The number of nitrogens with zero attached hydrogens (tertiary/aromatic N) is 1. The summed E-state index contributed by atoms with van der Waals surface area (Å²) in [5.41, 5.74) is 2.35. The highest BCUT2D eigenvalue weighted by Gasteiger charge is 2.14. The van der Waals surface area contributed by atoms with Gasteiger partial charge in [0.2, 0.25) is 0 Å². The average Bonchev–Trinajstić information content (AvgIpc) is 2.66. The number of benzene rings is 2. The molecule has 0 saturated carbocycles. The summed E-state index contributed by atoms with van der Waals surface area (Å²) in [7, 11) is 0. The van der Waals surface area contributed by atoms with Crippen LogP contribution in [0.1, 0.15) is 21.5 Å². The Labute approximate surface area is 160 Å². The zero-order chi connectivity index (χ0) is 20.7. The molecule has 146 valence electrons. The molecule has 2 rings (SSSR count). The van der Waals surface area contributed by atoms with Gasteiger partial charge in [0.25, 0.3) is 17.5 Å². The number of amides is 2. The van der Waals surface area contributed by atoms with Crippen LogP contribution in [0.5, 0.6) is 0 Å². The van der Waals surface area contributed by atoms with Gasteiger partial charge in [0.15, 0.2) is 6.61 Å². The summed E-state index contributed by atoms with van der Waals surface area (Å²) in [5, 5.41) is 15.6. The third-order valence-electron chi connectivity index (χ3n) is 3.73. The van der Waals surface area contributed by atoms with Gasteiger partial charge in [0, 0.05) is 23.4 Å². The zero-order valence-electron chi connectivity index (χ0n) is 15.4. The third kappa shape index (κ3) is 5.90. The van der Waals surface area contributed by atoms with E-state index in [0.29, 0.717) is 5.69 Å². The average molecular weight is 385 g/mol. The minimum Gasteiger partial charge on any atom is -0.454 e. The molecule has 0 unspecified atom stereocenters. The van der Waals surface area contributed by atoms with Crippen LogP contribution in [0.25, 0.3) is 0 Å². The number of aryl methyl sites for hydroxylation is 2. The minimum atomic E-state index is -0.811. The quantitative estimate of drug-likeness (QED) is 0.427. The molecule has 0 aromatic heterocycles. The Bertz CT molecular complexity index is 926. The molecule has 0 radical (unpaired) electrons. The minimum absolute atomic E-state index is 0.0367. The molecule has 0 spiro atoms. The number of nitro benzene ring substituents is 1. The van der Waals surface area contributed by atoms with Gasteiger partial charge in [-0.2, -0.15) is 0 Å². The van der Waals surface area contributed by atoms with Crippen LogP contribution in [-0.4, -0.2) is 35.9 Å². The van der Waals surface area contributed by atoms with E-state index in [9.17, 15) is 24.5 Å². The number of ether oxygens (including phenoxy) is 1. The first-order valence-electron chi connectivity index (χ1n) is 8.31. The molecule has 0 heterocycles. The Kier molecular flexibility index (Phi) is 6.80. The summed E-state index contributed by atoms with van der Waals surface area (Å²) in [4.78, 5) is 45.6. The first-order chi connectivity index (χ1) is 13.3. The molecule has 2 N–H and O–H groups in total. The molecule has 0 aliphatic carbocycles. The van der Waals surface area contributed by atoms with E-state index in [4.69, 9.17) is 4.74 Å². The lowest BCUT2D eigenvalue weighted by atomic mass is 10.1. The summed E-state index contributed by atoms with van der Waals surface area (Å²) in [5.74, 6) is -1.99. The maximum atomic E-state index is 11.9. The summed E-state index contributed by atoms with van der Waals surface area (Å²) in [6, 6.07) is 10.6. The Morgan fingerprint density at radius 2 is 1.86 bits per heavy atom. The molecule has 28 heavy (non-hydrogen) atoms. The van der Waals surface area contributed by atoms with Crippen molar-refractivity contribution in [3.63, 3.8) is 0 Å². The number of nitrogens with one attached hydrogen (secondary N) is 2. The maximum Gasteiger partial charge on any atom is 0.325 e. The SMILES string of the molecule is Cc1ccc(NC(=O)COC(=O)CNC(=O)c2cccc([N+](=O)[O-])c2)c(C)c1. The van der Waals surface area contributed by atoms with E-state index in [0.717, 1.165) is 17.2 Å². The van der Waals surface area contributed by atoms with Crippen molar-refractivity contribution < 1.29 is 24.0 Å². The standard InChI is InChI=1S/C19H19N3O6/c1-12-6-7-16(13(2)8-12)21-17(23)11-28-18(24)10-20-19(25)14-4-3-5-15(9-14)22(26)27/h3-9H,10-11H2,1-2H3,(H,20,25)(H,21,23). The molecule has 9 heteroatoms. The van der Waals surface area contributed by atoms with Gasteiger partial charge < -0.3 is 15.4 Å². The monoisotopic (exact) mass is 385 g/mol. The van der Waals surface area contributed by atoms with Gasteiger partial charge in [-0.1, -0.05) is 23.8 Å². The second-order valence-corrected chi connectivity index (χ2v) is 6.02. The van der Waals surface area contributed by atoms with E-state index in [1.54, 1.807) is 6.07 Å². The normalized spacial score (nSPS) is 10.1. The van der Waals surface area contributed by atoms with Crippen LogP contribution in [0.2, 0.25) is 0 Å². The highest BCUT2D eigenvalue weighted by Crippen LogP contribution is 2.16. The highest BCUT2D eigenvalue weighted by atomic mass is 16.6. The van der Waals surface area contributed by atoms with Crippen molar-refractivity contribution in [1.29, 1.82) is 0 Å². The number of non-ortho nitro benzene ring substituents is 1. The number of nitro groups is 1.